The molecule has 2 fully saturated rings. The standard InChI is InChI=1S/C15H24N4O2/c1-12-11-19(8-9-21-12)13-10-14(20)17-15(16-13)18-6-4-2-3-5-7-18/h10,12H,2-9,11H2,1H3,(H,16,17,20)/t12-/m1/s1. The van der Waals surface area contributed by atoms with Crippen LogP contribution in [0.2, 0.25) is 0 Å². The molecule has 0 amide bonds. The number of morpholine rings is 1. The maximum Gasteiger partial charge on any atom is 0.254 e. The number of hydrogen-bond acceptors (Lipinski definition) is 5. The highest BCUT2D eigenvalue weighted by atomic mass is 16.5. The fraction of sp³-hybridized carbons (Fsp3) is 0.733. The number of nitrogens with one attached hydrogen (secondary N) is 1. The fourth-order valence-electron chi connectivity index (χ4n) is 3.05. The molecule has 0 unspecified atom stereocenters. The van der Waals surface area contributed by atoms with Crippen molar-refractivity contribution < 1.29 is 4.74 Å². The maximum atomic E-state index is 12.0. The highest BCUT2D eigenvalue weighted by Gasteiger charge is 2.20. The van der Waals surface area contributed by atoms with Crippen molar-refractivity contribution in [2.24, 2.45) is 0 Å². The zero-order valence-corrected chi connectivity index (χ0v) is 12.7. The summed E-state index contributed by atoms with van der Waals surface area (Å²) < 4.78 is 5.56. The van der Waals surface area contributed by atoms with Crippen molar-refractivity contribution in [3.63, 3.8) is 0 Å². The number of aromatic nitrogens is 2. The summed E-state index contributed by atoms with van der Waals surface area (Å²) in [6, 6.07) is 1.60. The second-order valence-electron chi connectivity index (χ2n) is 5.96. The molecule has 0 saturated carbocycles. The van der Waals surface area contributed by atoms with E-state index in [0.29, 0.717) is 6.61 Å². The SMILES string of the molecule is C[C@@H]1CN(c2cc(=O)[nH]c(N3CCCCCC3)n2)CCO1. The van der Waals surface area contributed by atoms with Gasteiger partial charge in [-0.3, -0.25) is 9.78 Å². The molecule has 6 nitrogen and oxygen atoms in total. The van der Waals surface area contributed by atoms with Crippen LogP contribution in [0.1, 0.15) is 32.6 Å². The number of aromatic amines is 1. The molecule has 21 heavy (non-hydrogen) atoms. The van der Waals surface area contributed by atoms with E-state index < -0.39 is 0 Å². The maximum absolute atomic E-state index is 12.0. The molecule has 3 rings (SSSR count). The third-order valence-corrected chi connectivity index (χ3v) is 4.19. The van der Waals surface area contributed by atoms with Crippen LogP contribution < -0.4 is 15.4 Å². The van der Waals surface area contributed by atoms with Gasteiger partial charge in [0.2, 0.25) is 5.95 Å². The molecule has 6 heteroatoms. The second-order valence-corrected chi connectivity index (χ2v) is 5.96. The Bertz CT molecular complexity index is 499. The summed E-state index contributed by atoms with van der Waals surface area (Å²) >= 11 is 0. The van der Waals surface area contributed by atoms with Gasteiger partial charge in [0.25, 0.3) is 5.56 Å². The molecule has 0 bridgehead atoms. The van der Waals surface area contributed by atoms with Crippen LogP contribution in [-0.2, 0) is 4.74 Å². The van der Waals surface area contributed by atoms with Gasteiger partial charge >= 0.3 is 0 Å². The number of hydrogen-bond donors (Lipinski definition) is 1. The molecule has 0 aliphatic carbocycles. The molecule has 2 aliphatic heterocycles. The highest BCUT2D eigenvalue weighted by Crippen LogP contribution is 2.19. The van der Waals surface area contributed by atoms with Gasteiger partial charge in [-0.05, 0) is 19.8 Å². The topological polar surface area (TPSA) is 61.5 Å². The Balaban J connectivity index is 1.83. The predicted molar refractivity (Wildman–Crippen MR) is 83.2 cm³/mol. The van der Waals surface area contributed by atoms with Crippen LogP contribution in [0.5, 0.6) is 0 Å². The molecule has 2 saturated heterocycles. The van der Waals surface area contributed by atoms with E-state index in [0.717, 1.165) is 37.9 Å². The average Bonchev–Trinajstić information content (AvgIpc) is 2.76. The fourth-order valence-corrected chi connectivity index (χ4v) is 3.05. The molecule has 1 aromatic rings. The van der Waals surface area contributed by atoms with Gasteiger partial charge in [0.1, 0.15) is 5.82 Å². The van der Waals surface area contributed by atoms with Crippen molar-refractivity contribution in [3.8, 4) is 0 Å². The lowest BCUT2D eigenvalue weighted by atomic mass is 10.2. The molecular formula is C15H24N4O2. The summed E-state index contributed by atoms with van der Waals surface area (Å²) in [5.74, 6) is 1.49. The Kier molecular flexibility index (Phi) is 4.43. The molecule has 116 valence electrons. The molecule has 3 heterocycles. The zero-order valence-electron chi connectivity index (χ0n) is 12.7. The Morgan fingerprint density at radius 2 is 1.95 bits per heavy atom. The Labute approximate surface area is 125 Å². The number of H-pyrrole nitrogens is 1. The van der Waals surface area contributed by atoms with Gasteiger partial charge in [-0.1, -0.05) is 12.8 Å². The van der Waals surface area contributed by atoms with Crippen LogP contribution in [0.25, 0.3) is 0 Å². The van der Waals surface area contributed by atoms with Crippen molar-refractivity contribution in [1.29, 1.82) is 0 Å². The van der Waals surface area contributed by atoms with Crippen LogP contribution in [0.15, 0.2) is 10.9 Å². The van der Waals surface area contributed by atoms with E-state index in [1.807, 2.05) is 0 Å². The van der Waals surface area contributed by atoms with Gasteiger partial charge < -0.3 is 14.5 Å². The number of rotatable bonds is 2. The van der Waals surface area contributed by atoms with Crippen molar-refractivity contribution in [1.82, 2.24) is 9.97 Å². The van der Waals surface area contributed by atoms with Crippen LogP contribution in [0, 0.1) is 0 Å². The molecule has 1 aromatic heterocycles. The van der Waals surface area contributed by atoms with Crippen molar-refractivity contribution >= 4 is 11.8 Å². The third-order valence-electron chi connectivity index (χ3n) is 4.19. The highest BCUT2D eigenvalue weighted by molar-refractivity contribution is 5.44. The first-order valence-corrected chi connectivity index (χ1v) is 7.95. The predicted octanol–water partition coefficient (Wildman–Crippen LogP) is 1.38. The third kappa shape index (κ3) is 3.56. The Morgan fingerprint density at radius 1 is 1.19 bits per heavy atom. The van der Waals surface area contributed by atoms with E-state index in [1.165, 1.54) is 25.7 Å². The van der Waals surface area contributed by atoms with E-state index in [1.54, 1.807) is 6.07 Å². The van der Waals surface area contributed by atoms with E-state index in [9.17, 15) is 4.79 Å². The van der Waals surface area contributed by atoms with E-state index >= 15 is 0 Å². The minimum absolute atomic E-state index is 0.0709. The van der Waals surface area contributed by atoms with Crippen LogP contribution >= 0.6 is 0 Å². The Hall–Kier alpha value is -1.56. The quantitative estimate of drug-likeness (QED) is 0.892. The molecule has 0 aromatic carbocycles. The number of nitrogens with zero attached hydrogens (tertiary/aromatic N) is 3. The molecule has 0 spiro atoms. The van der Waals surface area contributed by atoms with Crippen LogP contribution in [0.3, 0.4) is 0 Å². The smallest absolute Gasteiger partial charge is 0.254 e. The van der Waals surface area contributed by atoms with E-state index in [4.69, 9.17) is 9.72 Å². The molecule has 1 atom stereocenters. The number of ether oxygens (including phenoxy) is 1. The lowest BCUT2D eigenvalue weighted by Crippen LogP contribution is -2.42. The summed E-state index contributed by atoms with van der Waals surface area (Å²) in [5.41, 5.74) is -0.0709. The minimum atomic E-state index is -0.0709. The van der Waals surface area contributed by atoms with E-state index in [2.05, 4.69) is 21.7 Å². The van der Waals surface area contributed by atoms with Crippen molar-refractivity contribution in [3.05, 3.63) is 16.4 Å². The largest absolute Gasteiger partial charge is 0.375 e. The summed E-state index contributed by atoms with van der Waals surface area (Å²) in [6.07, 6.45) is 5.05. The van der Waals surface area contributed by atoms with Gasteiger partial charge in [-0.25, -0.2) is 0 Å². The van der Waals surface area contributed by atoms with Crippen LogP contribution in [-0.4, -0.2) is 48.9 Å². The summed E-state index contributed by atoms with van der Waals surface area (Å²) in [7, 11) is 0. The minimum Gasteiger partial charge on any atom is -0.375 e. The first-order valence-electron chi connectivity index (χ1n) is 7.95. The average molecular weight is 292 g/mol. The lowest BCUT2D eigenvalue weighted by molar-refractivity contribution is 0.0529. The van der Waals surface area contributed by atoms with Gasteiger partial charge in [-0.2, -0.15) is 4.98 Å². The van der Waals surface area contributed by atoms with Gasteiger partial charge in [0.05, 0.1) is 12.7 Å². The zero-order chi connectivity index (χ0) is 14.7. The van der Waals surface area contributed by atoms with Crippen molar-refractivity contribution in [2.45, 2.75) is 38.7 Å². The molecule has 1 N–H and O–H groups in total. The van der Waals surface area contributed by atoms with Gasteiger partial charge in [-0.15, -0.1) is 0 Å². The molecule has 0 radical (unpaired) electrons. The lowest BCUT2D eigenvalue weighted by Gasteiger charge is -2.32. The Morgan fingerprint density at radius 3 is 2.67 bits per heavy atom. The van der Waals surface area contributed by atoms with Gasteiger partial charge in [0.15, 0.2) is 0 Å². The van der Waals surface area contributed by atoms with Gasteiger partial charge in [0, 0.05) is 32.2 Å². The van der Waals surface area contributed by atoms with Crippen molar-refractivity contribution in [2.75, 3.05) is 42.6 Å². The first-order chi connectivity index (χ1) is 10.2. The van der Waals surface area contributed by atoms with E-state index in [-0.39, 0.29) is 11.7 Å². The first kappa shape index (κ1) is 14.4. The normalized spacial score (nSPS) is 24.0. The summed E-state index contributed by atoms with van der Waals surface area (Å²) in [4.78, 5) is 23.9. The second kappa shape index (κ2) is 6.47. The number of anilines is 2. The monoisotopic (exact) mass is 292 g/mol. The molecule has 2 aliphatic rings. The summed E-state index contributed by atoms with van der Waals surface area (Å²) in [5, 5.41) is 0. The van der Waals surface area contributed by atoms with Crippen LogP contribution in [0.4, 0.5) is 11.8 Å². The summed E-state index contributed by atoms with van der Waals surface area (Å²) in [6.45, 7) is 6.28. The molecular weight excluding hydrogens is 268 g/mol.